The molecule has 0 N–H and O–H groups in total. The summed E-state index contributed by atoms with van der Waals surface area (Å²) in [7, 11) is -1.11. The molecule has 1 aromatic rings. The van der Waals surface area contributed by atoms with Crippen molar-refractivity contribution in [1.29, 1.82) is 0 Å². The van der Waals surface area contributed by atoms with Crippen LogP contribution in [-0.2, 0) is 19.6 Å². The van der Waals surface area contributed by atoms with E-state index in [1.54, 1.807) is 19.9 Å². The van der Waals surface area contributed by atoms with Crippen LogP contribution < -0.4 is 4.74 Å². The number of hydrogen-bond donors (Lipinski definition) is 0. The number of carbonyl (C=O) groups excluding carboxylic acids is 2. The topological polar surface area (TPSA) is 93.2 Å². The molecule has 2 atom stereocenters. The number of esters is 1. The lowest BCUT2D eigenvalue weighted by atomic mass is 10.1. The summed E-state index contributed by atoms with van der Waals surface area (Å²) in [5.74, 6) is -1.04. The van der Waals surface area contributed by atoms with Gasteiger partial charge in [0.05, 0.1) is 20.1 Å². The van der Waals surface area contributed by atoms with E-state index in [4.69, 9.17) is 9.47 Å². The van der Waals surface area contributed by atoms with E-state index in [0.717, 1.165) is 19.3 Å². The van der Waals surface area contributed by atoms with Gasteiger partial charge in [0.2, 0.25) is 10.0 Å². The monoisotopic (exact) mass is 440 g/mol. The minimum atomic E-state index is -3.82. The van der Waals surface area contributed by atoms with Gasteiger partial charge in [0.25, 0.3) is 5.91 Å². The zero-order chi connectivity index (χ0) is 22.5. The smallest absolute Gasteiger partial charge is 0.310 e. The molecule has 1 heterocycles. The Bertz CT molecular complexity index is 870. The molecule has 8 nitrogen and oxygen atoms in total. The molecule has 1 saturated heterocycles. The lowest BCUT2D eigenvalue weighted by Crippen LogP contribution is -2.42. The predicted octanol–water partition coefficient (Wildman–Crippen LogP) is 2.53. The van der Waals surface area contributed by atoms with Crippen molar-refractivity contribution in [3.05, 3.63) is 23.8 Å². The Labute approximate surface area is 179 Å². The quantitative estimate of drug-likeness (QED) is 0.577. The maximum Gasteiger partial charge on any atom is 0.310 e. The Balaban J connectivity index is 2.39. The van der Waals surface area contributed by atoms with Gasteiger partial charge in [-0.25, -0.2) is 8.42 Å². The molecule has 0 aromatic heterocycles. The van der Waals surface area contributed by atoms with Crippen LogP contribution in [0.5, 0.6) is 5.75 Å². The van der Waals surface area contributed by atoms with Gasteiger partial charge in [-0.1, -0.05) is 13.3 Å². The first kappa shape index (κ1) is 24.1. The standard InChI is InChI=1S/C21H32N2O6S/c1-6-22(14-15(2)21(25)29-5)20(24)17-10-11-18(28-4)19(13-17)30(26,27)23-12-8-7-9-16(23)3/h10-11,13,15-16H,6-9,12,14H2,1-5H3. The molecule has 30 heavy (non-hydrogen) atoms. The van der Waals surface area contributed by atoms with E-state index >= 15 is 0 Å². The molecule has 0 spiro atoms. The van der Waals surface area contributed by atoms with Gasteiger partial charge in [0.15, 0.2) is 0 Å². The van der Waals surface area contributed by atoms with E-state index in [9.17, 15) is 18.0 Å². The number of sulfonamides is 1. The highest BCUT2D eigenvalue weighted by Gasteiger charge is 2.34. The third-order valence-electron chi connectivity index (χ3n) is 5.51. The third-order valence-corrected chi connectivity index (χ3v) is 7.54. The van der Waals surface area contributed by atoms with Gasteiger partial charge in [0.1, 0.15) is 10.6 Å². The van der Waals surface area contributed by atoms with Crippen molar-refractivity contribution in [2.45, 2.75) is 51.0 Å². The van der Waals surface area contributed by atoms with E-state index < -0.39 is 21.9 Å². The Morgan fingerprint density at radius 2 is 1.97 bits per heavy atom. The number of methoxy groups -OCH3 is 2. The van der Waals surface area contributed by atoms with Crippen molar-refractivity contribution in [3.63, 3.8) is 0 Å². The van der Waals surface area contributed by atoms with Crippen LogP contribution in [0.15, 0.2) is 23.1 Å². The third kappa shape index (κ3) is 5.13. The Kier molecular flexibility index (Phi) is 8.25. The normalized spacial score (nSPS) is 18.5. The molecule has 0 aliphatic carbocycles. The molecule has 1 aliphatic rings. The summed E-state index contributed by atoms with van der Waals surface area (Å²) in [6, 6.07) is 4.32. The number of nitrogens with zero attached hydrogens (tertiary/aromatic N) is 2. The molecule has 1 fully saturated rings. The maximum absolute atomic E-state index is 13.4. The second kappa shape index (κ2) is 10.3. The SMILES string of the molecule is CCN(CC(C)C(=O)OC)C(=O)c1ccc(OC)c(S(=O)(=O)N2CCCCC2C)c1. The van der Waals surface area contributed by atoms with Crippen LogP contribution in [0.1, 0.15) is 50.4 Å². The summed E-state index contributed by atoms with van der Waals surface area (Å²) >= 11 is 0. The molecular formula is C21H32N2O6S. The number of piperidine rings is 1. The van der Waals surface area contributed by atoms with Crippen LogP contribution in [-0.4, -0.2) is 69.4 Å². The summed E-state index contributed by atoms with van der Waals surface area (Å²) in [6.45, 7) is 6.38. The van der Waals surface area contributed by atoms with E-state index in [2.05, 4.69) is 0 Å². The summed E-state index contributed by atoms with van der Waals surface area (Å²) in [6.07, 6.45) is 2.60. The summed E-state index contributed by atoms with van der Waals surface area (Å²) < 4.78 is 38.2. The number of rotatable bonds is 8. The molecule has 1 aliphatic heterocycles. The fraction of sp³-hybridized carbons (Fsp3) is 0.619. The number of amides is 1. The molecular weight excluding hydrogens is 408 g/mol. The first-order chi connectivity index (χ1) is 14.2. The summed E-state index contributed by atoms with van der Waals surface area (Å²) in [4.78, 5) is 26.3. The van der Waals surface area contributed by atoms with Gasteiger partial charge < -0.3 is 14.4 Å². The summed E-state index contributed by atoms with van der Waals surface area (Å²) in [5.41, 5.74) is 0.234. The van der Waals surface area contributed by atoms with Crippen LogP contribution in [0.4, 0.5) is 0 Å². The van der Waals surface area contributed by atoms with Crippen molar-refractivity contribution < 1.29 is 27.5 Å². The highest BCUT2D eigenvalue weighted by molar-refractivity contribution is 7.89. The molecule has 1 aromatic carbocycles. The first-order valence-electron chi connectivity index (χ1n) is 10.2. The van der Waals surface area contributed by atoms with E-state index in [1.807, 2.05) is 6.92 Å². The largest absolute Gasteiger partial charge is 0.495 e. The molecule has 1 amide bonds. The van der Waals surface area contributed by atoms with Crippen molar-refractivity contribution in [2.75, 3.05) is 33.9 Å². The molecule has 0 radical (unpaired) electrons. The Morgan fingerprint density at radius 3 is 2.53 bits per heavy atom. The molecule has 0 bridgehead atoms. The van der Waals surface area contributed by atoms with Crippen molar-refractivity contribution >= 4 is 21.9 Å². The highest BCUT2D eigenvalue weighted by Crippen LogP contribution is 2.32. The summed E-state index contributed by atoms with van der Waals surface area (Å²) in [5, 5.41) is 0. The predicted molar refractivity (Wildman–Crippen MR) is 113 cm³/mol. The molecule has 9 heteroatoms. The van der Waals surface area contributed by atoms with Crippen LogP contribution in [0.2, 0.25) is 0 Å². The zero-order valence-corrected chi connectivity index (χ0v) is 19.2. The molecule has 0 saturated carbocycles. The van der Waals surface area contributed by atoms with Crippen LogP contribution >= 0.6 is 0 Å². The van der Waals surface area contributed by atoms with Gasteiger partial charge in [-0.2, -0.15) is 4.31 Å². The number of ether oxygens (including phenoxy) is 2. The number of hydrogen-bond acceptors (Lipinski definition) is 6. The van der Waals surface area contributed by atoms with Gasteiger partial charge >= 0.3 is 5.97 Å². The van der Waals surface area contributed by atoms with Crippen molar-refractivity contribution in [1.82, 2.24) is 9.21 Å². The van der Waals surface area contributed by atoms with Crippen LogP contribution in [0.3, 0.4) is 0 Å². The lowest BCUT2D eigenvalue weighted by molar-refractivity contribution is -0.145. The zero-order valence-electron chi connectivity index (χ0n) is 18.4. The van der Waals surface area contributed by atoms with Gasteiger partial charge in [-0.15, -0.1) is 0 Å². The second-order valence-electron chi connectivity index (χ2n) is 7.59. The second-order valence-corrected chi connectivity index (χ2v) is 9.45. The molecule has 168 valence electrons. The fourth-order valence-corrected chi connectivity index (χ4v) is 5.59. The lowest BCUT2D eigenvalue weighted by Gasteiger charge is -2.32. The van der Waals surface area contributed by atoms with Crippen LogP contribution in [0, 0.1) is 5.92 Å². The average Bonchev–Trinajstić information content (AvgIpc) is 2.75. The van der Waals surface area contributed by atoms with Gasteiger partial charge in [-0.3, -0.25) is 9.59 Å². The fourth-order valence-electron chi connectivity index (χ4n) is 3.71. The molecule has 2 unspecified atom stereocenters. The average molecular weight is 441 g/mol. The van der Waals surface area contributed by atoms with Crippen LogP contribution in [0.25, 0.3) is 0 Å². The number of carbonyl (C=O) groups is 2. The Morgan fingerprint density at radius 1 is 1.27 bits per heavy atom. The van der Waals surface area contributed by atoms with E-state index in [0.29, 0.717) is 13.1 Å². The first-order valence-corrected chi connectivity index (χ1v) is 11.7. The minimum absolute atomic E-state index is 0.0123. The van der Waals surface area contributed by atoms with Gasteiger partial charge in [0, 0.05) is 31.2 Å². The number of benzene rings is 1. The maximum atomic E-state index is 13.4. The van der Waals surface area contributed by atoms with Crippen molar-refractivity contribution in [3.8, 4) is 5.75 Å². The van der Waals surface area contributed by atoms with Crippen molar-refractivity contribution in [2.24, 2.45) is 5.92 Å². The van der Waals surface area contributed by atoms with Gasteiger partial charge in [-0.05, 0) is 44.9 Å². The van der Waals surface area contributed by atoms with E-state index in [1.165, 1.54) is 35.6 Å². The molecule has 2 rings (SSSR count). The highest BCUT2D eigenvalue weighted by atomic mass is 32.2. The minimum Gasteiger partial charge on any atom is -0.495 e. The Hall–Kier alpha value is -2.13. The van der Waals surface area contributed by atoms with E-state index in [-0.39, 0.29) is 34.7 Å².